The summed E-state index contributed by atoms with van der Waals surface area (Å²) < 4.78 is 2.32. The summed E-state index contributed by atoms with van der Waals surface area (Å²) in [6, 6.07) is 10.9. The van der Waals surface area contributed by atoms with Crippen LogP contribution in [0.3, 0.4) is 0 Å². The topological polar surface area (TPSA) is 41.6 Å². The van der Waals surface area contributed by atoms with Gasteiger partial charge in [0.05, 0.1) is 18.2 Å². The number of rotatable bonds is 3. The molecule has 0 saturated heterocycles. The summed E-state index contributed by atoms with van der Waals surface area (Å²) in [7, 11) is 0. The number of nitrogens with zero attached hydrogens (tertiary/aromatic N) is 3. The Morgan fingerprint density at radius 1 is 1.25 bits per heavy atom. The second-order valence-electron chi connectivity index (χ2n) is 5.32. The van der Waals surface area contributed by atoms with Gasteiger partial charge in [-0.15, -0.1) is 0 Å². The Balaban J connectivity index is 2.06. The van der Waals surface area contributed by atoms with E-state index in [0.29, 0.717) is 6.42 Å². The second-order valence-corrected chi connectivity index (χ2v) is 5.32. The third-order valence-corrected chi connectivity index (χ3v) is 4.07. The molecule has 0 amide bonds. The van der Waals surface area contributed by atoms with Crippen LogP contribution in [-0.4, -0.2) is 9.55 Å². The van der Waals surface area contributed by atoms with Crippen molar-refractivity contribution in [2.45, 2.75) is 45.6 Å². The molecule has 0 N–H and O–H groups in total. The van der Waals surface area contributed by atoms with Crippen molar-refractivity contribution in [2.75, 3.05) is 0 Å². The molecule has 3 heteroatoms. The number of nitriles is 1. The molecule has 1 aliphatic rings. The Morgan fingerprint density at radius 2 is 2.05 bits per heavy atom. The summed E-state index contributed by atoms with van der Waals surface area (Å²) in [5, 5.41) is 8.97. The van der Waals surface area contributed by atoms with Gasteiger partial charge in [-0.1, -0.05) is 31.2 Å². The van der Waals surface area contributed by atoms with Gasteiger partial charge in [0, 0.05) is 17.8 Å². The van der Waals surface area contributed by atoms with Crippen LogP contribution in [0.25, 0.3) is 11.4 Å². The van der Waals surface area contributed by atoms with Gasteiger partial charge in [0.1, 0.15) is 5.82 Å². The normalized spacial score (nSPS) is 13.8. The maximum atomic E-state index is 8.97. The molecule has 0 spiro atoms. The predicted octanol–water partition coefficient (Wildman–Crippen LogP) is 3.51. The lowest BCUT2D eigenvalue weighted by molar-refractivity contribution is 0.534. The van der Waals surface area contributed by atoms with Crippen molar-refractivity contribution in [1.29, 1.82) is 5.26 Å². The number of hydrogen-bond acceptors (Lipinski definition) is 2. The molecule has 0 radical (unpaired) electrons. The Bertz CT molecular complexity index is 644. The maximum absolute atomic E-state index is 8.97. The van der Waals surface area contributed by atoms with E-state index in [2.05, 4.69) is 41.8 Å². The van der Waals surface area contributed by atoms with Crippen molar-refractivity contribution >= 4 is 0 Å². The summed E-state index contributed by atoms with van der Waals surface area (Å²) in [6.07, 6.45) is 4.94. The first-order valence-corrected chi connectivity index (χ1v) is 7.38. The quantitative estimate of drug-likeness (QED) is 0.852. The van der Waals surface area contributed by atoms with Crippen molar-refractivity contribution in [3.63, 3.8) is 0 Å². The largest absolute Gasteiger partial charge is 0.328 e. The van der Waals surface area contributed by atoms with Crippen LogP contribution in [0.1, 0.15) is 36.7 Å². The molecule has 1 aliphatic heterocycles. The number of fused-ring (bicyclic) bond motifs is 1. The Morgan fingerprint density at radius 3 is 2.75 bits per heavy atom. The molecule has 2 aromatic rings. The highest BCUT2D eigenvalue weighted by Gasteiger charge is 2.20. The van der Waals surface area contributed by atoms with E-state index >= 15 is 0 Å². The second kappa shape index (κ2) is 5.50. The van der Waals surface area contributed by atoms with E-state index in [4.69, 9.17) is 10.2 Å². The molecular formula is C17H19N3. The van der Waals surface area contributed by atoms with E-state index in [0.717, 1.165) is 36.5 Å². The Kier molecular flexibility index (Phi) is 3.56. The monoisotopic (exact) mass is 265 g/mol. The molecule has 3 rings (SSSR count). The minimum atomic E-state index is 0.419. The molecule has 0 unspecified atom stereocenters. The lowest BCUT2D eigenvalue weighted by Crippen LogP contribution is -2.11. The van der Waals surface area contributed by atoms with Crippen LogP contribution in [0.15, 0.2) is 24.3 Å². The van der Waals surface area contributed by atoms with E-state index < -0.39 is 0 Å². The highest BCUT2D eigenvalue weighted by atomic mass is 15.1. The van der Waals surface area contributed by atoms with E-state index in [1.165, 1.54) is 24.1 Å². The molecule has 0 atom stereocenters. The van der Waals surface area contributed by atoms with Crippen molar-refractivity contribution in [2.24, 2.45) is 0 Å². The fourth-order valence-electron chi connectivity index (χ4n) is 2.95. The van der Waals surface area contributed by atoms with Gasteiger partial charge in [-0.25, -0.2) is 4.98 Å². The average Bonchev–Trinajstić information content (AvgIpc) is 2.87. The fourth-order valence-corrected chi connectivity index (χ4v) is 2.95. The van der Waals surface area contributed by atoms with Gasteiger partial charge in [0.2, 0.25) is 0 Å². The number of benzene rings is 1. The van der Waals surface area contributed by atoms with Gasteiger partial charge in [0.15, 0.2) is 0 Å². The number of imidazole rings is 1. The lowest BCUT2D eigenvalue weighted by atomic mass is 10.1. The summed E-state index contributed by atoms with van der Waals surface area (Å²) in [5.41, 5.74) is 4.75. The highest BCUT2D eigenvalue weighted by molar-refractivity contribution is 5.58. The molecule has 1 aromatic heterocycles. The molecule has 0 aliphatic carbocycles. The molecule has 2 heterocycles. The van der Waals surface area contributed by atoms with Gasteiger partial charge >= 0.3 is 0 Å². The van der Waals surface area contributed by atoms with E-state index in [1.54, 1.807) is 0 Å². The van der Waals surface area contributed by atoms with Gasteiger partial charge < -0.3 is 4.57 Å². The van der Waals surface area contributed by atoms with Gasteiger partial charge in [-0.05, 0) is 31.2 Å². The van der Waals surface area contributed by atoms with Crippen molar-refractivity contribution < 1.29 is 0 Å². The van der Waals surface area contributed by atoms with Gasteiger partial charge in [0.25, 0.3) is 0 Å². The van der Waals surface area contributed by atoms with E-state index in [1.807, 2.05) is 0 Å². The molecule has 3 nitrogen and oxygen atoms in total. The zero-order valence-corrected chi connectivity index (χ0v) is 11.9. The molecule has 1 aromatic carbocycles. The minimum absolute atomic E-state index is 0.419. The Hall–Kier alpha value is -2.08. The average molecular weight is 265 g/mol. The fraction of sp³-hybridized carbons (Fsp3) is 0.412. The van der Waals surface area contributed by atoms with Crippen LogP contribution in [0.4, 0.5) is 0 Å². The van der Waals surface area contributed by atoms with Crippen molar-refractivity contribution in [1.82, 2.24) is 9.55 Å². The van der Waals surface area contributed by atoms with Crippen LogP contribution < -0.4 is 0 Å². The zero-order chi connectivity index (χ0) is 13.9. The van der Waals surface area contributed by atoms with Crippen LogP contribution in [0.5, 0.6) is 0 Å². The predicted molar refractivity (Wildman–Crippen MR) is 79.3 cm³/mol. The first-order valence-electron chi connectivity index (χ1n) is 7.38. The first kappa shape index (κ1) is 12.9. The van der Waals surface area contributed by atoms with Crippen LogP contribution in [0.2, 0.25) is 0 Å². The Labute approximate surface area is 119 Å². The molecule has 0 saturated carbocycles. The summed E-state index contributed by atoms with van der Waals surface area (Å²) >= 11 is 0. The van der Waals surface area contributed by atoms with E-state index in [-0.39, 0.29) is 0 Å². The van der Waals surface area contributed by atoms with Gasteiger partial charge in [-0.2, -0.15) is 5.26 Å². The van der Waals surface area contributed by atoms with Crippen LogP contribution in [-0.2, 0) is 25.8 Å². The lowest BCUT2D eigenvalue weighted by Gasteiger charge is -2.17. The SMILES string of the molecule is CCc1ccc(-c2nc(CC#N)c3n2CCCC3)cc1. The first-order chi connectivity index (χ1) is 9.83. The third kappa shape index (κ3) is 2.22. The third-order valence-electron chi connectivity index (χ3n) is 4.07. The molecular weight excluding hydrogens is 246 g/mol. The van der Waals surface area contributed by atoms with Crippen LogP contribution >= 0.6 is 0 Å². The van der Waals surface area contributed by atoms with Crippen molar-refractivity contribution in [3.8, 4) is 17.5 Å². The molecule has 20 heavy (non-hydrogen) atoms. The summed E-state index contributed by atoms with van der Waals surface area (Å²) in [6.45, 7) is 3.19. The zero-order valence-electron chi connectivity index (χ0n) is 11.9. The minimum Gasteiger partial charge on any atom is -0.328 e. The maximum Gasteiger partial charge on any atom is 0.140 e. The highest BCUT2D eigenvalue weighted by Crippen LogP contribution is 2.28. The van der Waals surface area contributed by atoms with Gasteiger partial charge in [-0.3, -0.25) is 0 Å². The summed E-state index contributed by atoms with van der Waals surface area (Å²) in [5.74, 6) is 1.03. The summed E-state index contributed by atoms with van der Waals surface area (Å²) in [4.78, 5) is 4.75. The molecule has 0 fully saturated rings. The van der Waals surface area contributed by atoms with E-state index in [9.17, 15) is 0 Å². The molecule has 102 valence electrons. The smallest absolute Gasteiger partial charge is 0.140 e. The number of aryl methyl sites for hydroxylation is 1. The molecule has 0 bridgehead atoms. The number of hydrogen-bond donors (Lipinski definition) is 0. The van der Waals surface area contributed by atoms with Crippen LogP contribution in [0, 0.1) is 11.3 Å². The van der Waals surface area contributed by atoms with Crippen molar-refractivity contribution in [3.05, 3.63) is 41.2 Å². The standard InChI is InChI=1S/C17H19N3/c1-2-13-6-8-14(9-7-13)17-19-15(10-11-18)16-5-3-4-12-20(16)17/h6-9H,2-5,10,12H2,1H3. The number of aromatic nitrogens is 2.